The van der Waals surface area contributed by atoms with E-state index in [1.807, 2.05) is 36.4 Å². The van der Waals surface area contributed by atoms with Crippen molar-refractivity contribution in [1.29, 1.82) is 0 Å². The molecule has 2 saturated heterocycles. The van der Waals surface area contributed by atoms with E-state index in [9.17, 15) is 49.0 Å². The van der Waals surface area contributed by atoms with E-state index in [0.29, 0.717) is 12.2 Å². The number of likely N-dealkylation sites (tertiary alicyclic amines) is 2. The van der Waals surface area contributed by atoms with Crippen LogP contribution in [0.15, 0.2) is 97.1 Å². The first-order valence-electron chi connectivity index (χ1n) is 22.9. The molecule has 4 aromatic rings. The van der Waals surface area contributed by atoms with Gasteiger partial charge in [-0.25, -0.2) is 9.59 Å². The molecule has 6 N–H and O–H groups in total. The summed E-state index contributed by atoms with van der Waals surface area (Å²) in [5.41, 5.74) is 2.01. The van der Waals surface area contributed by atoms with Crippen molar-refractivity contribution in [2.75, 3.05) is 64.1 Å². The van der Waals surface area contributed by atoms with Crippen LogP contribution in [0.5, 0.6) is 11.5 Å². The summed E-state index contributed by atoms with van der Waals surface area (Å²) in [4.78, 5) is 94.0. The molecule has 0 unspecified atom stereocenters. The summed E-state index contributed by atoms with van der Waals surface area (Å²) in [7, 11) is 2.75. The molecule has 22 nitrogen and oxygen atoms in total. The lowest BCUT2D eigenvalue weighted by Crippen LogP contribution is -2.45. The molecule has 72 heavy (non-hydrogen) atoms. The maximum atomic E-state index is 12.9. The zero-order valence-electron chi connectivity index (χ0n) is 40.5. The Balaban J connectivity index is 0.000000271. The Morgan fingerprint density at radius 2 is 0.931 bits per heavy atom. The van der Waals surface area contributed by atoms with Crippen molar-refractivity contribution in [3.05, 3.63) is 140 Å². The topological polar surface area (TPSA) is 302 Å². The monoisotopic (exact) mass is 996 g/mol. The van der Waals surface area contributed by atoms with Crippen molar-refractivity contribution in [3.63, 3.8) is 0 Å². The van der Waals surface area contributed by atoms with E-state index in [-0.39, 0.29) is 57.5 Å². The summed E-state index contributed by atoms with van der Waals surface area (Å²) in [6, 6.07) is 25.5. The maximum absolute atomic E-state index is 12.9. The van der Waals surface area contributed by atoms with Crippen LogP contribution in [0, 0.1) is 20.2 Å². The Morgan fingerprint density at radius 1 is 0.597 bits per heavy atom. The van der Waals surface area contributed by atoms with Gasteiger partial charge in [-0.15, -0.1) is 0 Å². The second kappa shape index (κ2) is 28.4. The number of rotatable bonds is 18. The molecule has 0 aromatic heterocycles. The predicted molar refractivity (Wildman–Crippen MR) is 266 cm³/mol. The van der Waals surface area contributed by atoms with Crippen LogP contribution < -0.4 is 30.7 Å². The second-order valence-corrected chi connectivity index (χ2v) is 16.7. The van der Waals surface area contributed by atoms with Crippen molar-refractivity contribution in [2.24, 2.45) is 0 Å². The van der Waals surface area contributed by atoms with Crippen molar-refractivity contribution >= 4 is 58.3 Å². The number of carboxylic acids is 2. The average molecular weight is 997 g/mol. The number of nitrogens with one attached hydrogen (secondary N) is 4. The van der Waals surface area contributed by atoms with Crippen molar-refractivity contribution in [2.45, 2.75) is 64.5 Å². The number of ether oxygens (including phenoxy) is 2. The van der Waals surface area contributed by atoms with Gasteiger partial charge in [-0.05, 0) is 49.7 Å². The molecule has 0 saturated carbocycles. The Morgan fingerprint density at radius 3 is 1.21 bits per heavy atom. The number of aliphatic carboxylic acids is 2. The van der Waals surface area contributed by atoms with E-state index in [1.165, 1.54) is 51.3 Å². The van der Waals surface area contributed by atoms with Gasteiger partial charge in [0.05, 0.1) is 35.2 Å². The van der Waals surface area contributed by atoms with Gasteiger partial charge in [-0.3, -0.25) is 39.4 Å². The molecule has 2 heterocycles. The third-order valence-electron chi connectivity index (χ3n) is 11.5. The summed E-state index contributed by atoms with van der Waals surface area (Å²) < 4.78 is 10.5. The van der Waals surface area contributed by atoms with Crippen molar-refractivity contribution in [3.8, 4) is 11.5 Å². The fourth-order valence-corrected chi connectivity index (χ4v) is 7.85. The van der Waals surface area contributed by atoms with Gasteiger partial charge in [0, 0.05) is 102 Å². The van der Waals surface area contributed by atoms with Crippen LogP contribution in [-0.2, 0) is 32.0 Å². The number of methoxy groups -OCH3 is 2. The summed E-state index contributed by atoms with van der Waals surface area (Å²) in [6.07, 6.45) is 6.29. The van der Waals surface area contributed by atoms with E-state index in [0.717, 1.165) is 89.9 Å². The highest BCUT2D eigenvalue weighted by Crippen LogP contribution is 2.34. The smallest absolute Gasteiger partial charge is 0.328 e. The van der Waals surface area contributed by atoms with E-state index in [1.54, 1.807) is 0 Å². The summed E-state index contributed by atoms with van der Waals surface area (Å²) >= 11 is 0. The van der Waals surface area contributed by atoms with E-state index >= 15 is 0 Å². The molecule has 0 bridgehead atoms. The summed E-state index contributed by atoms with van der Waals surface area (Å²) in [5.74, 6) is -3.95. The third-order valence-corrected chi connectivity index (χ3v) is 11.5. The molecule has 0 aliphatic carbocycles. The number of nitro benzene ring substituents is 2. The minimum atomic E-state index is -1.26. The van der Waals surface area contributed by atoms with Gasteiger partial charge >= 0.3 is 11.9 Å². The molecule has 4 aromatic carbocycles. The quantitative estimate of drug-likeness (QED) is 0.0395. The number of anilines is 2. The number of hydrogen-bond donors (Lipinski definition) is 6. The number of nitro groups is 2. The molecule has 4 amide bonds. The lowest BCUT2D eigenvalue weighted by molar-refractivity contribution is -0.384. The molecule has 384 valence electrons. The zero-order chi connectivity index (χ0) is 52.7. The first kappa shape index (κ1) is 56.3. The van der Waals surface area contributed by atoms with E-state index in [4.69, 9.17) is 19.7 Å². The minimum Gasteiger partial charge on any atom is -0.496 e. The number of carbonyl (C=O) groups is 6. The van der Waals surface area contributed by atoms with Crippen molar-refractivity contribution < 1.29 is 58.3 Å². The predicted octanol–water partition coefficient (Wildman–Crippen LogP) is 5.71. The fraction of sp³-hybridized carbons (Fsp3) is 0.360. The number of nitrogens with zero attached hydrogens (tertiary/aromatic N) is 4. The first-order chi connectivity index (χ1) is 34.4. The Bertz CT molecular complexity index is 2390. The van der Waals surface area contributed by atoms with Gasteiger partial charge < -0.3 is 50.8 Å². The first-order valence-corrected chi connectivity index (χ1v) is 22.9. The normalized spacial score (nSPS) is 14.0. The lowest BCUT2D eigenvalue weighted by atomic mass is 10.0. The standard InChI is InChI=1S/2C23H28N4O5.C4H4O4/c2*1-16(28)24-20-15-22(32-2)19(14-21(20)27(30)31)23(29)25-18-9-12-26(13-10-18)11-8-17-6-4-3-5-7-17;5-3(6)1-2-4(7)8/h2*3-7,14-15,18H,8-13H2,1-2H3,(H,24,28)(H,25,29);1-2H,(H,5,6)(H,7,8)/b;;2-1+. The van der Waals surface area contributed by atoms with Crippen molar-refractivity contribution in [1.82, 2.24) is 20.4 Å². The molecule has 2 fully saturated rings. The summed E-state index contributed by atoms with van der Waals surface area (Å²) in [6.45, 7) is 7.93. The zero-order valence-corrected chi connectivity index (χ0v) is 40.5. The highest BCUT2D eigenvalue weighted by Gasteiger charge is 2.28. The molecular formula is C50H60N8O14. The van der Waals surface area contributed by atoms with Gasteiger partial charge in [-0.2, -0.15) is 0 Å². The largest absolute Gasteiger partial charge is 0.496 e. The van der Waals surface area contributed by atoms with E-state index in [2.05, 4.69) is 55.3 Å². The Labute approximate surface area is 415 Å². The SMILES string of the molecule is COc1cc(NC(C)=O)c([N+](=O)[O-])cc1C(=O)NC1CCN(CCc2ccccc2)CC1.COc1cc(NC(C)=O)c([N+](=O)[O-])cc1C(=O)NC1CCN(CCc2ccccc2)CC1.O=C(O)/C=C/C(=O)O. The maximum Gasteiger partial charge on any atom is 0.328 e. The number of hydrogen-bond acceptors (Lipinski definition) is 14. The van der Waals surface area contributed by atoms with Crippen LogP contribution in [-0.4, -0.2) is 131 Å². The number of benzene rings is 4. The average Bonchev–Trinajstić information content (AvgIpc) is 3.35. The molecule has 0 atom stereocenters. The van der Waals surface area contributed by atoms with Gasteiger partial charge in [0.1, 0.15) is 22.9 Å². The number of carboxylic acid groups (broad SMARTS) is 2. The lowest BCUT2D eigenvalue weighted by Gasteiger charge is -2.32. The van der Waals surface area contributed by atoms with Crippen LogP contribution in [0.3, 0.4) is 0 Å². The second-order valence-electron chi connectivity index (χ2n) is 16.7. The van der Waals surface area contributed by atoms with Crippen LogP contribution >= 0.6 is 0 Å². The fourth-order valence-electron chi connectivity index (χ4n) is 7.85. The number of amides is 4. The molecule has 6 rings (SSSR count). The van der Waals surface area contributed by atoms with Crippen LogP contribution in [0.1, 0.15) is 71.4 Å². The van der Waals surface area contributed by atoms with Crippen LogP contribution in [0.2, 0.25) is 0 Å². The molecule has 0 radical (unpaired) electrons. The van der Waals surface area contributed by atoms with Gasteiger partial charge in [-0.1, -0.05) is 60.7 Å². The Hall–Kier alpha value is -8.24. The van der Waals surface area contributed by atoms with E-state index < -0.39 is 45.4 Å². The highest BCUT2D eigenvalue weighted by molar-refractivity contribution is 6.01. The van der Waals surface area contributed by atoms with Crippen LogP contribution in [0.25, 0.3) is 0 Å². The van der Waals surface area contributed by atoms with Gasteiger partial charge in [0.2, 0.25) is 11.8 Å². The Kier molecular flexibility index (Phi) is 22.3. The molecule has 2 aliphatic rings. The molecular weight excluding hydrogens is 937 g/mol. The number of carbonyl (C=O) groups excluding carboxylic acids is 4. The minimum absolute atomic E-state index is 0.0115. The summed E-state index contributed by atoms with van der Waals surface area (Å²) in [5, 5.41) is 49.3. The number of piperidine rings is 2. The highest BCUT2D eigenvalue weighted by atomic mass is 16.6. The molecule has 22 heteroatoms. The molecule has 2 aliphatic heterocycles. The molecule has 0 spiro atoms. The van der Waals surface area contributed by atoms with Gasteiger partial charge in [0.25, 0.3) is 23.2 Å². The third kappa shape index (κ3) is 18.6. The van der Waals surface area contributed by atoms with Crippen LogP contribution in [0.4, 0.5) is 22.7 Å². The van der Waals surface area contributed by atoms with Gasteiger partial charge in [0.15, 0.2) is 0 Å².